The third-order valence-electron chi connectivity index (χ3n) is 3.76. The molecule has 1 aliphatic carbocycles. The van der Waals surface area contributed by atoms with Crippen LogP contribution in [-0.4, -0.2) is 35.2 Å². The molecule has 1 rings (SSSR count). The predicted octanol–water partition coefficient (Wildman–Crippen LogP) is 2.19. The lowest BCUT2D eigenvalue weighted by Crippen LogP contribution is -2.45. The van der Waals surface area contributed by atoms with Gasteiger partial charge in [0.2, 0.25) is 5.91 Å². The summed E-state index contributed by atoms with van der Waals surface area (Å²) in [5, 5.41) is 13.2. The van der Waals surface area contributed by atoms with Crippen LogP contribution in [-0.2, 0) is 4.79 Å². The molecule has 17 heavy (non-hydrogen) atoms. The first-order valence-electron chi connectivity index (χ1n) is 6.57. The zero-order valence-corrected chi connectivity index (χ0v) is 11.8. The monoisotopic (exact) mass is 259 g/mol. The number of thioether (sulfide) groups is 1. The van der Waals surface area contributed by atoms with Gasteiger partial charge in [-0.15, -0.1) is 0 Å². The molecule has 1 amide bonds. The van der Waals surface area contributed by atoms with Crippen LogP contribution in [0.3, 0.4) is 0 Å². The summed E-state index contributed by atoms with van der Waals surface area (Å²) in [6.45, 7) is 2.63. The Bertz CT molecular complexity index is 238. The maximum atomic E-state index is 11.5. The van der Waals surface area contributed by atoms with Gasteiger partial charge in [0.25, 0.3) is 0 Å². The van der Waals surface area contributed by atoms with Crippen LogP contribution in [0.25, 0.3) is 0 Å². The molecule has 3 nitrogen and oxygen atoms in total. The van der Waals surface area contributed by atoms with Gasteiger partial charge in [-0.25, -0.2) is 0 Å². The normalized spacial score (nSPS) is 29.0. The van der Waals surface area contributed by atoms with Crippen molar-refractivity contribution in [3.05, 3.63) is 0 Å². The van der Waals surface area contributed by atoms with Gasteiger partial charge in [-0.05, 0) is 37.9 Å². The first kappa shape index (κ1) is 14.8. The van der Waals surface area contributed by atoms with Gasteiger partial charge in [0.05, 0.1) is 5.60 Å². The Hall–Kier alpha value is -0.220. The molecule has 0 heterocycles. The standard InChI is InChI=1S/C13H25NO2S/c1-3-11-4-7-13(16,8-5-11)10-14-12(15)6-9-17-2/h11,16H,3-10H2,1-2H3,(H,14,15). The summed E-state index contributed by atoms with van der Waals surface area (Å²) in [6, 6.07) is 0. The van der Waals surface area contributed by atoms with Gasteiger partial charge in [0, 0.05) is 18.7 Å². The number of hydrogen-bond acceptors (Lipinski definition) is 3. The predicted molar refractivity (Wildman–Crippen MR) is 73.2 cm³/mol. The first-order chi connectivity index (χ1) is 8.09. The summed E-state index contributed by atoms with van der Waals surface area (Å²) in [5.41, 5.74) is -0.652. The average molecular weight is 259 g/mol. The van der Waals surface area contributed by atoms with Crippen molar-refractivity contribution in [2.45, 2.75) is 51.0 Å². The highest BCUT2D eigenvalue weighted by Gasteiger charge is 2.32. The molecule has 0 aliphatic heterocycles. The van der Waals surface area contributed by atoms with Gasteiger partial charge in [-0.3, -0.25) is 4.79 Å². The number of carbonyl (C=O) groups excluding carboxylic acids is 1. The molecular formula is C13H25NO2S. The lowest BCUT2D eigenvalue weighted by molar-refractivity contribution is -0.122. The second-order valence-corrected chi connectivity index (χ2v) is 6.08. The van der Waals surface area contributed by atoms with Crippen molar-refractivity contribution >= 4 is 17.7 Å². The Morgan fingerprint density at radius 1 is 1.47 bits per heavy atom. The number of carbonyl (C=O) groups is 1. The maximum absolute atomic E-state index is 11.5. The van der Waals surface area contributed by atoms with Crippen molar-refractivity contribution in [2.24, 2.45) is 5.92 Å². The molecule has 0 atom stereocenters. The number of aliphatic hydroxyl groups is 1. The minimum atomic E-state index is -0.652. The molecule has 0 spiro atoms. The second kappa shape index (κ2) is 7.27. The quantitative estimate of drug-likeness (QED) is 0.769. The molecule has 0 unspecified atom stereocenters. The fraction of sp³-hybridized carbons (Fsp3) is 0.923. The molecule has 0 aromatic rings. The van der Waals surface area contributed by atoms with E-state index in [1.165, 1.54) is 6.42 Å². The Kier molecular flexibility index (Phi) is 6.34. The zero-order valence-electron chi connectivity index (χ0n) is 11.0. The van der Waals surface area contributed by atoms with E-state index < -0.39 is 5.60 Å². The van der Waals surface area contributed by atoms with Gasteiger partial charge in [-0.1, -0.05) is 13.3 Å². The van der Waals surface area contributed by atoms with Crippen molar-refractivity contribution in [2.75, 3.05) is 18.6 Å². The van der Waals surface area contributed by atoms with E-state index in [2.05, 4.69) is 12.2 Å². The highest BCUT2D eigenvalue weighted by molar-refractivity contribution is 7.98. The highest BCUT2D eigenvalue weighted by atomic mass is 32.2. The minimum absolute atomic E-state index is 0.0605. The SMILES string of the molecule is CCC1CCC(O)(CNC(=O)CCSC)CC1. The fourth-order valence-corrected chi connectivity index (χ4v) is 2.74. The van der Waals surface area contributed by atoms with Crippen molar-refractivity contribution in [3.8, 4) is 0 Å². The Balaban J connectivity index is 2.24. The molecule has 0 radical (unpaired) electrons. The maximum Gasteiger partial charge on any atom is 0.220 e. The summed E-state index contributed by atoms with van der Waals surface area (Å²) in [4.78, 5) is 11.5. The van der Waals surface area contributed by atoms with Crippen LogP contribution < -0.4 is 5.32 Å². The molecule has 0 aromatic heterocycles. The van der Waals surface area contributed by atoms with Crippen LogP contribution in [0.1, 0.15) is 45.4 Å². The molecule has 1 saturated carbocycles. The molecule has 1 fully saturated rings. The summed E-state index contributed by atoms with van der Waals surface area (Å²) in [5.74, 6) is 1.68. The van der Waals surface area contributed by atoms with Crippen molar-refractivity contribution in [3.63, 3.8) is 0 Å². The minimum Gasteiger partial charge on any atom is -0.388 e. The van der Waals surface area contributed by atoms with Crippen molar-refractivity contribution < 1.29 is 9.90 Å². The molecule has 1 aliphatic rings. The largest absolute Gasteiger partial charge is 0.388 e. The molecule has 4 heteroatoms. The molecule has 0 aromatic carbocycles. The van der Waals surface area contributed by atoms with E-state index >= 15 is 0 Å². The summed E-state index contributed by atoms with van der Waals surface area (Å²) in [6.07, 6.45) is 7.59. The van der Waals surface area contributed by atoms with Gasteiger partial charge in [0.15, 0.2) is 0 Å². The van der Waals surface area contributed by atoms with E-state index in [0.29, 0.717) is 13.0 Å². The van der Waals surface area contributed by atoms with Crippen molar-refractivity contribution in [1.29, 1.82) is 0 Å². The fourth-order valence-electron chi connectivity index (χ4n) is 2.35. The highest BCUT2D eigenvalue weighted by Crippen LogP contribution is 2.33. The van der Waals surface area contributed by atoms with E-state index in [4.69, 9.17) is 0 Å². The number of amides is 1. The van der Waals surface area contributed by atoms with E-state index in [1.54, 1.807) is 11.8 Å². The first-order valence-corrected chi connectivity index (χ1v) is 7.97. The van der Waals surface area contributed by atoms with Crippen LogP contribution >= 0.6 is 11.8 Å². The van der Waals surface area contributed by atoms with Crippen LogP contribution in [0, 0.1) is 5.92 Å². The third kappa shape index (κ3) is 5.30. The Morgan fingerprint density at radius 3 is 2.65 bits per heavy atom. The topological polar surface area (TPSA) is 49.3 Å². The lowest BCUT2D eigenvalue weighted by Gasteiger charge is -2.35. The van der Waals surface area contributed by atoms with E-state index in [-0.39, 0.29) is 5.91 Å². The van der Waals surface area contributed by atoms with E-state index in [9.17, 15) is 9.90 Å². The zero-order chi connectivity index (χ0) is 12.7. The summed E-state index contributed by atoms with van der Waals surface area (Å²) in [7, 11) is 0. The van der Waals surface area contributed by atoms with Gasteiger partial charge in [-0.2, -0.15) is 11.8 Å². The second-order valence-electron chi connectivity index (χ2n) is 5.10. The smallest absolute Gasteiger partial charge is 0.220 e. The Morgan fingerprint density at radius 2 is 2.12 bits per heavy atom. The van der Waals surface area contributed by atoms with Crippen LogP contribution in [0.2, 0.25) is 0 Å². The molecular weight excluding hydrogens is 234 g/mol. The third-order valence-corrected chi connectivity index (χ3v) is 4.37. The van der Waals surface area contributed by atoms with Gasteiger partial charge >= 0.3 is 0 Å². The van der Waals surface area contributed by atoms with Gasteiger partial charge < -0.3 is 10.4 Å². The lowest BCUT2D eigenvalue weighted by atomic mass is 9.78. The average Bonchev–Trinajstić information content (AvgIpc) is 2.35. The van der Waals surface area contributed by atoms with E-state index in [0.717, 1.165) is 37.4 Å². The Labute approximate surface area is 109 Å². The summed E-state index contributed by atoms with van der Waals surface area (Å²) >= 11 is 1.67. The van der Waals surface area contributed by atoms with Crippen LogP contribution in [0.15, 0.2) is 0 Å². The number of rotatable bonds is 6. The molecule has 0 bridgehead atoms. The molecule has 100 valence electrons. The van der Waals surface area contributed by atoms with Crippen LogP contribution in [0.5, 0.6) is 0 Å². The molecule has 2 N–H and O–H groups in total. The molecule has 0 saturated heterocycles. The van der Waals surface area contributed by atoms with Gasteiger partial charge in [0.1, 0.15) is 0 Å². The van der Waals surface area contributed by atoms with Crippen molar-refractivity contribution in [1.82, 2.24) is 5.32 Å². The number of hydrogen-bond donors (Lipinski definition) is 2. The van der Waals surface area contributed by atoms with E-state index in [1.807, 2.05) is 6.26 Å². The number of nitrogens with one attached hydrogen (secondary N) is 1. The van der Waals surface area contributed by atoms with Crippen LogP contribution in [0.4, 0.5) is 0 Å². The summed E-state index contributed by atoms with van der Waals surface area (Å²) < 4.78 is 0.